The standard InChI is InChI=1S/C5H8BN/c1-7-4-2-3-5(7)6/h2-4H,6H2,1H3. The predicted octanol–water partition coefficient (Wildman–Crippen LogP) is -0.716. The van der Waals surface area contributed by atoms with Crippen LogP contribution in [0.3, 0.4) is 0 Å². The second-order valence-corrected chi connectivity index (χ2v) is 1.76. The fraction of sp³-hybridized carbons (Fsp3) is 0.200. The lowest BCUT2D eigenvalue weighted by Crippen LogP contribution is -2.10. The zero-order valence-corrected chi connectivity index (χ0v) is 4.68. The zero-order valence-electron chi connectivity index (χ0n) is 4.68. The molecule has 0 saturated carbocycles. The van der Waals surface area contributed by atoms with Gasteiger partial charge < -0.3 is 4.57 Å². The fourth-order valence-electron chi connectivity index (χ4n) is 0.547. The van der Waals surface area contributed by atoms with E-state index in [1.165, 1.54) is 5.59 Å². The van der Waals surface area contributed by atoms with Crippen molar-refractivity contribution in [2.75, 3.05) is 0 Å². The summed E-state index contributed by atoms with van der Waals surface area (Å²) in [6.45, 7) is 0. The zero-order chi connectivity index (χ0) is 5.28. The SMILES string of the molecule is Bc1cccn1C. The van der Waals surface area contributed by atoms with Crippen molar-refractivity contribution in [2.45, 2.75) is 0 Å². The number of hydrogen-bond acceptors (Lipinski definition) is 0. The average Bonchev–Trinajstić information content (AvgIpc) is 1.91. The Morgan fingerprint density at radius 2 is 2.43 bits per heavy atom. The van der Waals surface area contributed by atoms with Crippen molar-refractivity contribution in [3.8, 4) is 0 Å². The van der Waals surface area contributed by atoms with Crippen LogP contribution in [0.15, 0.2) is 18.3 Å². The van der Waals surface area contributed by atoms with Gasteiger partial charge in [0, 0.05) is 13.2 Å². The number of hydrogen-bond donors (Lipinski definition) is 0. The van der Waals surface area contributed by atoms with Gasteiger partial charge >= 0.3 is 0 Å². The van der Waals surface area contributed by atoms with Gasteiger partial charge in [-0.2, -0.15) is 0 Å². The lowest BCUT2D eigenvalue weighted by Gasteiger charge is -1.90. The highest BCUT2D eigenvalue weighted by Gasteiger charge is 1.82. The largest absolute Gasteiger partial charge is 0.364 e. The maximum atomic E-state index is 2.08. The van der Waals surface area contributed by atoms with Gasteiger partial charge in [-0.3, -0.25) is 0 Å². The summed E-state index contributed by atoms with van der Waals surface area (Å²) >= 11 is 0. The third-order valence-electron chi connectivity index (χ3n) is 1.20. The highest BCUT2D eigenvalue weighted by Crippen LogP contribution is 1.76. The smallest absolute Gasteiger partial charge is 0.161 e. The van der Waals surface area contributed by atoms with Crippen molar-refractivity contribution < 1.29 is 0 Å². The van der Waals surface area contributed by atoms with Gasteiger partial charge in [0.2, 0.25) is 0 Å². The van der Waals surface area contributed by atoms with Gasteiger partial charge in [0.1, 0.15) is 0 Å². The first kappa shape index (κ1) is 4.50. The van der Waals surface area contributed by atoms with E-state index in [1.54, 1.807) is 0 Å². The second kappa shape index (κ2) is 1.45. The van der Waals surface area contributed by atoms with Crippen molar-refractivity contribution in [3.05, 3.63) is 18.3 Å². The first-order chi connectivity index (χ1) is 3.30. The first-order valence-electron chi connectivity index (χ1n) is 2.38. The molecule has 1 rings (SSSR count). The molecule has 0 radical (unpaired) electrons. The molecule has 1 nitrogen and oxygen atoms in total. The van der Waals surface area contributed by atoms with Gasteiger partial charge in [0.05, 0.1) is 0 Å². The molecule has 0 aliphatic rings. The van der Waals surface area contributed by atoms with E-state index in [-0.39, 0.29) is 0 Å². The van der Waals surface area contributed by atoms with Crippen LogP contribution in [0.1, 0.15) is 0 Å². The predicted molar refractivity (Wildman–Crippen MR) is 33.6 cm³/mol. The molecule has 1 aromatic rings. The molecule has 0 spiro atoms. The average molecular weight is 92.9 g/mol. The number of nitrogens with zero attached hydrogens (tertiary/aromatic N) is 1. The van der Waals surface area contributed by atoms with Crippen molar-refractivity contribution in [3.63, 3.8) is 0 Å². The molecule has 0 aliphatic carbocycles. The van der Waals surface area contributed by atoms with E-state index in [0.717, 1.165) is 0 Å². The lowest BCUT2D eigenvalue weighted by molar-refractivity contribution is 0.959. The minimum Gasteiger partial charge on any atom is -0.364 e. The highest BCUT2D eigenvalue weighted by molar-refractivity contribution is 6.30. The van der Waals surface area contributed by atoms with Crippen LogP contribution in [0.2, 0.25) is 0 Å². The van der Waals surface area contributed by atoms with E-state index in [4.69, 9.17) is 0 Å². The highest BCUT2D eigenvalue weighted by atomic mass is 14.9. The monoisotopic (exact) mass is 93.1 g/mol. The molecule has 0 aromatic carbocycles. The van der Waals surface area contributed by atoms with E-state index in [0.29, 0.717) is 0 Å². The summed E-state index contributed by atoms with van der Waals surface area (Å²) in [5, 5.41) is 0. The molecular weight excluding hydrogens is 84.9 g/mol. The molecule has 0 fully saturated rings. The Hall–Kier alpha value is -0.655. The van der Waals surface area contributed by atoms with E-state index in [1.807, 2.05) is 19.3 Å². The van der Waals surface area contributed by atoms with Crippen molar-refractivity contribution >= 4 is 13.4 Å². The Labute approximate surface area is 44.4 Å². The quantitative estimate of drug-likeness (QED) is 0.373. The Bertz CT molecular complexity index is 140. The van der Waals surface area contributed by atoms with Gasteiger partial charge in [0.15, 0.2) is 7.85 Å². The molecule has 0 atom stereocenters. The Morgan fingerprint density at radius 1 is 1.71 bits per heavy atom. The maximum Gasteiger partial charge on any atom is 0.161 e. The maximum absolute atomic E-state index is 2.08. The molecule has 36 valence electrons. The van der Waals surface area contributed by atoms with Crippen molar-refractivity contribution in [2.24, 2.45) is 7.05 Å². The summed E-state index contributed by atoms with van der Waals surface area (Å²) in [5.74, 6) is 0. The molecule has 0 unspecified atom stereocenters. The molecule has 0 saturated heterocycles. The van der Waals surface area contributed by atoms with E-state index >= 15 is 0 Å². The molecular formula is C5H8BN. The van der Waals surface area contributed by atoms with Crippen LogP contribution < -0.4 is 5.59 Å². The summed E-state index contributed by atoms with van der Waals surface area (Å²) < 4.78 is 2.08. The summed E-state index contributed by atoms with van der Waals surface area (Å²) in [6, 6.07) is 4.12. The van der Waals surface area contributed by atoms with Crippen LogP contribution in [0.4, 0.5) is 0 Å². The number of aromatic nitrogens is 1. The Balaban J connectivity index is 3.12. The molecule has 1 aromatic heterocycles. The first-order valence-corrected chi connectivity index (χ1v) is 2.38. The number of aryl methyl sites for hydroxylation is 1. The molecule has 7 heavy (non-hydrogen) atoms. The number of rotatable bonds is 0. The second-order valence-electron chi connectivity index (χ2n) is 1.76. The fourth-order valence-corrected chi connectivity index (χ4v) is 0.547. The van der Waals surface area contributed by atoms with Gasteiger partial charge in [-0.05, 0) is 11.7 Å². The topological polar surface area (TPSA) is 4.93 Å². The summed E-state index contributed by atoms with van der Waals surface area (Å²) in [7, 11) is 4.12. The molecule has 1 heterocycles. The molecule has 0 bridgehead atoms. The normalized spacial score (nSPS) is 9.29. The van der Waals surface area contributed by atoms with E-state index < -0.39 is 0 Å². The summed E-state index contributed by atoms with van der Waals surface area (Å²) in [4.78, 5) is 0. The Morgan fingerprint density at radius 3 is 2.57 bits per heavy atom. The van der Waals surface area contributed by atoms with Gasteiger partial charge in [-0.25, -0.2) is 0 Å². The van der Waals surface area contributed by atoms with Crippen molar-refractivity contribution in [1.82, 2.24) is 4.57 Å². The van der Waals surface area contributed by atoms with E-state index in [9.17, 15) is 0 Å². The summed E-state index contributed by atoms with van der Waals surface area (Å²) in [6.07, 6.45) is 2.04. The van der Waals surface area contributed by atoms with Crippen LogP contribution >= 0.6 is 0 Å². The summed E-state index contributed by atoms with van der Waals surface area (Å²) in [5.41, 5.74) is 1.31. The van der Waals surface area contributed by atoms with Crippen LogP contribution in [0.25, 0.3) is 0 Å². The van der Waals surface area contributed by atoms with Gasteiger partial charge in [-0.1, -0.05) is 6.07 Å². The van der Waals surface area contributed by atoms with E-state index in [2.05, 4.69) is 18.5 Å². The van der Waals surface area contributed by atoms with Crippen LogP contribution in [-0.4, -0.2) is 12.4 Å². The lowest BCUT2D eigenvalue weighted by atomic mass is 10.1. The third kappa shape index (κ3) is 0.685. The van der Waals surface area contributed by atoms with Gasteiger partial charge in [-0.15, -0.1) is 0 Å². The third-order valence-corrected chi connectivity index (χ3v) is 1.20. The molecule has 0 aliphatic heterocycles. The molecule has 0 amide bonds. The van der Waals surface area contributed by atoms with Crippen LogP contribution in [-0.2, 0) is 7.05 Å². The minimum absolute atomic E-state index is 1.31. The molecule has 0 N–H and O–H groups in total. The molecule has 2 heteroatoms. The Kier molecular flexibility index (Phi) is 0.932. The van der Waals surface area contributed by atoms with Gasteiger partial charge in [0.25, 0.3) is 0 Å². The van der Waals surface area contributed by atoms with Crippen molar-refractivity contribution in [1.29, 1.82) is 0 Å². The van der Waals surface area contributed by atoms with Crippen LogP contribution in [0, 0.1) is 0 Å². The van der Waals surface area contributed by atoms with Crippen LogP contribution in [0.5, 0.6) is 0 Å². The minimum atomic E-state index is 1.31.